The van der Waals surface area contributed by atoms with Gasteiger partial charge >= 0.3 is 5.97 Å². The molecule has 0 heterocycles. The number of methoxy groups -OCH3 is 1. The van der Waals surface area contributed by atoms with E-state index in [1.165, 1.54) is 6.07 Å². The van der Waals surface area contributed by atoms with Crippen molar-refractivity contribution >= 4 is 34.9 Å². The Kier molecular flexibility index (Phi) is 6.86. The van der Waals surface area contributed by atoms with Gasteiger partial charge in [0.2, 0.25) is 0 Å². The normalized spacial score (nSPS) is 10.4. The molecule has 0 saturated carbocycles. The van der Waals surface area contributed by atoms with Crippen LogP contribution in [-0.2, 0) is 13.2 Å². The van der Waals surface area contributed by atoms with E-state index in [4.69, 9.17) is 37.8 Å². The van der Waals surface area contributed by atoms with Crippen molar-refractivity contribution in [3.63, 3.8) is 0 Å². The van der Waals surface area contributed by atoms with Crippen LogP contribution in [0, 0.1) is 0 Å². The van der Waals surface area contributed by atoms with Gasteiger partial charge in [-0.15, -0.1) is 0 Å². The predicted octanol–water partition coefficient (Wildman–Crippen LogP) is 5.89. The minimum atomic E-state index is -1.07. The van der Waals surface area contributed by atoms with E-state index in [-0.39, 0.29) is 10.6 Å². The van der Waals surface area contributed by atoms with Crippen molar-refractivity contribution in [2.24, 2.45) is 0 Å². The van der Waals surface area contributed by atoms with Crippen LogP contribution in [0.4, 0.5) is 5.69 Å². The van der Waals surface area contributed by atoms with Crippen LogP contribution in [0.3, 0.4) is 0 Å². The molecule has 3 aromatic carbocycles. The SMILES string of the molecule is COc1cc(CNc2ccc(C(=O)O)c(Cl)c2)c(Cl)cc1OCc1ccccc1. The van der Waals surface area contributed by atoms with Crippen molar-refractivity contribution in [1.29, 1.82) is 0 Å². The number of halogens is 2. The molecule has 2 N–H and O–H groups in total. The number of hydrogen-bond donors (Lipinski definition) is 2. The van der Waals surface area contributed by atoms with Gasteiger partial charge in [0.15, 0.2) is 11.5 Å². The van der Waals surface area contributed by atoms with Gasteiger partial charge in [0.1, 0.15) is 6.61 Å². The molecule has 0 aliphatic rings. The van der Waals surface area contributed by atoms with E-state index < -0.39 is 5.97 Å². The molecule has 0 atom stereocenters. The zero-order chi connectivity index (χ0) is 20.8. The Hall–Kier alpha value is -2.89. The summed E-state index contributed by atoms with van der Waals surface area (Å²) in [6, 6.07) is 18.0. The van der Waals surface area contributed by atoms with E-state index in [9.17, 15) is 4.79 Å². The highest BCUT2D eigenvalue weighted by atomic mass is 35.5. The highest BCUT2D eigenvalue weighted by molar-refractivity contribution is 6.33. The lowest BCUT2D eigenvalue weighted by Gasteiger charge is -2.15. The summed E-state index contributed by atoms with van der Waals surface area (Å²) < 4.78 is 11.3. The van der Waals surface area contributed by atoms with E-state index >= 15 is 0 Å². The Labute approximate surface area is 178 Å². The number of carboxylic acid groups (broad SMARTS) is 1. The Morgan fingerprint density at radius 2 is 1.76 bits per heavy atom. The zero-order valence-electron chi connectivity index (χ0n) is 15.6. The van der Waals surface area contributed by atoms with E-state index in [0.717, 1.165) is 11.1 Å². The molecule has 0 bridgehead atoms. The van der Waals surface area contributed by atoms with Crippen LogP contribution in [0.15, 0.2) is 60.7 Å². The molecule has 5 nitrogen and oxygen atoms in total. The van der Waals surface area contributed by atoms with Gasteiger partial charge in [0.25, 0.3) is 0 Å². The second kappa shape index (κ2) is 9.54. The summed E-state index contributed by atoms with van der Waals surface area (Å²) in [7, 11) is 1.57. The average Bonchev–Trinajstić information content (AvgIpc) is 2.72. The van der Waals surface area contributed by atoms with Crippen molar-refractivity contribution < 1.29 is 19.4 Å². The van der Waals surface area contributed by atoms with Crippen LogP contribution in [0.2, 0.25) is 10.0 Å². The maximum Gasteiger partial charge on any atom is 0.337 e. The molecule has 29 heavy (non-hydrogen) atoms. The average molecular weight is 432 g/mol. The number of hydrogen-bond acceptors (Lipinski definition) is 4. The fraction of sp³-hybridized carbons (Fsp3) is 0.136. The second-order valence-corrected chi connectivity index (χ2v) is 7.04. The third kappa shape index (κ3) is 5.34. The Morgan fingerprint density at radius 1 is 1.00 bits per heavy atom. The van der Waals surface area contributed by atoms with Crippen LogP contribution < -0.4 is 14.8 Å². The van der Waals surface area contributed by atoms with Crippen LogP contribution in [-0.4, -0.2) is 18.2 Å². The first-order valence-electron chi connectivity index (χ1n) is 8.77. The van der Waals surface area contributed by atoms with Crippen molar-refractivity contribution in [2.45, 2.75) is 13.2 Å². The van der Waals surface area contributed by atoms with Crippen LogP contribution in [0.25, 0.3) is 0 Å². The molecule has 0 saturated heterocycles. The molecule has 7 heteroatoms. The third-order valence-electron chi connectivity index (χ3n) is 4.25. The van der Waals surface area contributed by atoms with Crippen molar-refractivity contribution in [1.82, 2.24) is 0 Å². The molecule has 0 amide bonds. The van der Waals surface area contributed by atoms with Gasteiger partial charge in [-0.2, -0.15) is 0 Å². The maximum absolute atomic E-state index is 11.1. The predicted molar refractivity (Wildman–Crippen MR) is 115 cm³/mol. The summed E-state index contributed by atoms with van der Waals surface area (Å²) in [5, 5.41) is 12.9. The molecule has 3 aromatic rings. The number of carboxylic acids is 1. The summed E-state index contributed by atoms with van der Waals surface area (Å²) in [6.07, 6.45) is 0. The minimum Gasteiger partial charge on any atom is -0.493 e. The fourth-order valence-electron chi connectivity index (χ4n) is 2.72. The zero-order valence-corrected chi connectivity index (χ0v) is 17.1. The lowest BCUT2D eigenvalue weighted by Crippen LogP contribution is -2.04. The van der Waals surface area contributed by atoms with Gasteiger partial charge in [-0.05, 0) is 35.4 Å². The minimum absolute atomic E-state index is 0.0526. The Morgan fingerprint density at radius 3 is 2.41 bits per heavy atom. The summed E-state index contributed by atoms with van der Waals surface area (Å²) in [5.74, 6) is 0.0563. The van der Waals surface area contributed by atoms with Crippen molar-refractivity contribution in [2.75, 3.05) is 12.4 Å². The van der Waals surface area contributed by atoms with Crippen LogP contribution in [0.1, 0.15) is 21.5 Å². The topological polar surface area (TPSA) is 67.8 Å². The first kappa shape index (κ1) is 20.8. The second-order valence-electron chi connectivity index (χ2n) is 6.22. The number of benzene rings is 3. The molecule has 0 unspecified atom stereocenters. The van der Waals surface area contributed by atoms with E-state index in [0.29, 0.717) is 35.4 Å². The molecular weight excluding hydrogens is 413 g/mol. The molecule has 0 aliphatic heterocycles. The molecule has 3 rings (SSSR count). The lowest BCUT2D eigenvalue weighted by atomic mass is 10.1. The van der Waals surface area contributed by atoms with Gasteiger partial charge in [-0.25, -0.2) is 4.79 Å². The van der Waals surface area contributed by atoms with E-state index in [1.807, 2.05) is 36.4 Å². The molecular formula is C22H19Cl2NO4. The lowest BCUT2D eigenvalue weighted by molar-refractivity contribution is 0.0697. The molecule has 0 radical (unpaired) electrons. The number of anilines is 1. The molecule has 0 fully saturated rings. The van der Waals surface area contributed by atoms with Gasteiger partial charge in [0, 0.05) is 23.3 Å². The number of ether oxygens (including phenoxy) is 2. The molecule has 0 aliphatic carbocycles. The summed E-state index contributed by atoms with van der Waals surface area (Å²) in [5.41, 5.74) is 2.57. The number of nitrogens with one attached hydrogen (secondary N) is 1. The summed E-state index contributed by atoms with van der Waals surface area (Å²) >= 11 is 12.4. The summed E-state index contributed by atoms with van der Waals surface area (Å²) in [6.45, 7) is 0.802. The van der Waals surface area contributed by atoms with Gasteiger partial charge < -0.3 is 19.9 Å². The molecule has 150 valence electrons. The van der Waals surface area contributed by atoms with E-state index in [1.54, 1.807) is 25.3 Å². The molecule has 0 aromatic heterocycles. The quantitative estimate of drug-likeness (QED) is 0.465. The Balaban J connectivity index is 1.71. The largest absolute Gasteiger partial charge is 0.493 e. The van der Waals surface area contributed by atoms with Gasteiger partial charge in [-0.1, -0.05) is 53.5 Å². The third-order valence-corrected chi connectivity index (χ3v) is 4.92. The van der Waals surface area contributed by atoms with E-state index in [2.05, 4.69) is 5.32 Å². The highest BCUT2D eigenvalue weighted by Crippen LogP contribution is 2.34. The maximum atomic E-state index is 11.1. The van der Waals surface area contributed by atoms with Crippen LogP contribution in [0.5, 0.6) is 11.5 Å². The number of carbonyl (C=O) groups is 1. The van der Waals surface area contributed by atoms with Gasteiger partial charge in [-0.3, -0.25) is 0 Å². The monoisotopic (exact) mass is 431 g/mol. The Bertz CT molecular complexity index is 1010. The van der Waals surface area contributed by atoms with Crippen molar-refractivity contribution in [3.05, 3.63) is 87.4 Å². The standard InChI is InChI=1S/C22H19Cl2NO4/c1-28-20-9-15(12-25-16-7-8-17(22(26)27)19(24)10-16)18(23)11-21(20)29-13-14-5-3-2-4-6-14/h2-11,25H,12-13H2,1H3,(H,26,27). The number of aromatic carboxylic acids is 1. The van der Waals surface area contributed by atoms with Crippen LogP contribution >= 0.6 is 23.2 Å². The fourth-order valence-corrected chi connectivity index (χ4v) is 3.20. The highest BCUT2D eigenvalue weighted by Gasteiger charge is 2.12. The summed E-state index contributed by atoms with van der Waals surface area (Å²) in [4.78, 5) is 11.1. The van der Waals surface area contributed by atoms with Gasteiger partial charge in [0.05, 0.1) is 17.7 Å². The smallest absolute Gasteiger partial charge is 0.337 e. The van der Waals surface area contributed by atoms with Crippen molar-refractivity contribution in [3.8, 4) is 11.5 Å². The number of rotatable bonds is 8. The first-order valence-corrected chi connectivity index (χ1v) is 9.53. The molecule has 0 spiro atoms. The first-order chi connectivity index (χ1) is 14.0.